The summed E-state index contributed by atoms with van der Waals surface area (Å²) in [6, 6.07) is 9.52. The van der Waals surface area contributed by atoms with Gasteiger partial charge in [0.05, 0.1) is 12.1 Å². The van der Waals surface area contributed by atoms with E-state index in [2.05, 4.69) is 35.5 Å². The van der Waals surface area contributed by atoms with Crippen molar-refractivity contribution >= 4 is 56.3 Å². The second-order valence-electron chi connectivity index (χ2n) is 10.00. The van der Waals surface area contributed by atoms with Crippen molar-refractivity contribution in [2.24, 2.45) is 5.92 Å². The third-order valence-corrected chi connectivity index (χ3v) is 9.29. The number of anilines is 3. The molecule has 1 atom stereocenters. The second kappa shape index (κ2) is 11.9. The molecule has 6 rings (SSSR count). The number of hydrogen-bond donors (Lipinski definition) is 2. The highest BCUT2D eigenvalue weighted by molar-refractivity contribution is 7.87. The zero-order valence-electron chi connectivity index (χ0n) is 22.9. The lowest BCUT2D eigenvalue weighted by atomic mass is 10.0. The molecule has 0 amide bonds. The predicted octanol–water partition coefficient (Wildman–Crippen LogP) is 3.44. The van der Waals surface area contributed by atoms with Crippen LogP contribution in [0.5, 0.6) is 0 Å². The molecule has 12 nitrogen and oxygen atoms in total. The van der Waals surface area contributed by atoms with Crippen molar-refractivity contribution in [2.75, 3.05) is 36.4 Å². The van der Waals surface area contributed by atoms with Gasteiger partial charge in [-0.3, -0.25) is 14.2 Å². The Hall–Kier alpha value is -4.27. The van der Waals surface area contributed by atoms with Gasteiger partial charge in [-0.05, 0) is 30.3 Å². The van der Waals surface area contributed by atoms with Crippen LogP contribution in [0.25, 0.3) is 11.0 Å². The fourth-order valence-electron chi connectivity index (χ4n) is 4.71. The lowest BCUT2D eigenvalue weighted by molar-refractivity contribution is 0.0937. The number of oxazole rings is 1. The number of fused-ring (bicyclic) bond motifs is 1. The Bertz CT molecular complexity index is 1810. The number of hydrogen-bond acceptors (Lipinski definition) is 12. The van der Waals surface area contributed by atoms with E-state index in [9.17, 15) is 13.8 Å². The van der Waals surface area contributed by atoms with Crippen LogP contribution in [0.15, 0.2) is 73.1 Å². The number of pyridine rings is 1. The molecule has 5 heterocycles. The van der Waals surface area contributed by atoms with E-state index in [-0.39, 0.29) is 40.3 Å². The number of aromatic nitrogens is 5. The number of Topliss-reactive ketones (excluding diaryl/α,β-unsaturated/α-hetero) is 1. The highest BCUT2D eigenvalue weighted by atomic mass is 32.2. The van der Waals surface area contributed by atoms with Gasteiger partial charge in [0.1, 0.15) is 16.4 Å². The molecule has 1 aliphatic heterocycles. The van der Waals surface area contributed by atoms with Crippen molar-refractivity contribution < 1.29 is 13.4 Å². The number of rotatable bonds is 9. The maximum Gasteiger partial charge on any atom is 0.263 e. The van der Waals surface area contributed by atoms with Crippen LogP contribution in [-0.2, 0) is 17.3 Å². The lowest BCUT2D eigenvalue weighted by Gasteiger charge is -2.29. The molecular formula is C28H28N8O4S2. The third kappa shape index (κ3) is 5.60. The highest BCUT2D eigenvalue weighted by Crippen LogP contribution is 2.24. The van der Waals surface area contributed by atoms with E-state index < -0.39 is 22.3 Å². The molecule has 1 aromatic carbocycles. The number of nitrogens with one attached hydrogen (secondary N) is 2. The zero-order chi connectivity index (χ0) is 29.2. The number of piperazine rings is 1. The Kier molecular flexibility index (Phi) is 7.91. The monoisotopic (exact) mass is 604 g/mol. The molecule has 42 heavy (non-hydrogen) atoms. The fraction of sp³-hybridized carbons (Fsp3) is 0.286. The average Bonchev–Trinajstić information content (AvgIpc) is 3.72. The molecule has 1 saturated heterocycles. The molecule has 1 unspecified atom stereocenters. The van der Waals surface area contributed by atoms with Gasteiger partial charge in [0.25, 0.3) is 5.56 Å². The zero-order valence-corrected chi connectivity index (χ0v) is 24.6. The van der Waals surface area contributed by atoms with Crippen LogP contribution >= 0.6 is 11.3 Å². The Morgan fingerprint density at radius 1 is 1.17 bits per heavy atom. The topological polar surface area (TPSA) is 148 Å². The minimum atomic E-state index is -1.70. The van der Waals surface area contributed by atoms with E-state index in [1.807, 2.05) is 24.3 Å². The van der Waals surface area contributed by atoms with Gasteiger partial charge in [0.15, 0.2) is 27.3 Å². The summed E-state index contributed by atoms with van der Waals surface area (Å²) in [4.78, 5) is 46.4. The van der Waals surface area contributed by atoms with Crippen molar-refractivity contribution in [1.29, 1.82) is 0 Å². The first-order chi connectivity index (χ1) is 20.4. The smallest absolute Gasteiger partial charge is 0.263 e. The molecule has 0 aliphatic carbocycles. The molecule has 1 aliphatic rings. The Labute approximate surface area is 247 Å². The van der Waals surface area contributed by atoms with Gasteiger partial charge in [-0.2, -0.15) is 4.98 Å². The van der Waals surface area contributed by atoms with Gasteiger partial charge in [0.2, 0.25) is 5.95 Å². The number of thiazole rings is 1. The van der Waals surface area contributed by atoms with Crippen LogP contribution in [0, 0.1) is 5.92 Å². The van der Waals surface area contributed by atoms with Gasteiger partial charge in [-0.25, -0.2) is 19.2 Å². The molecule has 0 radical (unpaired) electrons. The molecule has 216 valence electrons. The first-order valence-corrected chi connectivity index (χ1v) is 15.4. The Balaban J connectivity index is 1.37. The van der Waals surface area contributed by atoms with E-state index in [1.54, 1.807) is 31.6 Å². The van der Waals surface area contributed by atoms with Gasteiger partial charge >= 0.3 is 0 Å². The number of nitrogens with zero attached hydrogens (tertiary/aromatic N) is 6. The molecular weight excluding hydrogens is 576 g/mol. The third-order valence-electron chi connectivity index (χ3n) is 6.87. The van der Waals surface area contributed by atoms with Crippen molar-refractivity contribution in [3.63, 3.8) is 0 Å². The summed E-state index contributed by atoms with van der Waals surface area (Å²) in [6.07, 6.45) is 4.31. The van der Waals surface area contributed by atoms with Crippen LogP contribution < -0.4 is 21.1 Å². The number of carbonyl (C=O) groups excluding carboxylic acids is 1. The average molecular weight is 605 g/mol. The van der Waals surface area contributed by atoms with Gasteiger partial charge < -0.3 is 20.0 Å². The number of carbonyl (C=O) groups is 1. The molecule has 4 aromatic heterocycles. The number of ketones is 1. The maximum absolute atomic E-state index is 13.7. The van der Waals surface area contributed by atoms with Crippen LogP contribution in [0.3, 0.4) is 0 Å². The summed E-state index contributed by atoms with van der Waals surface area (Å²) in [7, 11) is -1.70. The first kappa shape index (κ1) is 27.9. The molecule has 0 saturated carbocycles. The SMILES string of the molecule is CC(C)C(=O)c1cc2cnc(Nc3ccc(N4CCNCC4)cc3)nc2n(Cc2ocnc2S(=O)c2nccs2)c1=O. The summed E-state index contributed by atoms with van der Waals surface area (Å²) < 4.78 is 20.4. The van der Waals surface area contributed by atoms with Crippen molar-refractivity contribution in [1.82, 2.24) is 29.8 Å². The number of benzene rings is 1. The van der Waals surface area contributed by atoms with Gasteiger partial charge in [0, 0.05) is 66.6 Å². The van der Waals surface area contributed by atoms with E-state index in [0.29, 0.717) is 9.73 Å². The van der Waals surface area contributed by atoms with Crippen LogP contribution in [0.2, 0.25) is 0 Å². The van der Waals surface area contributed by atoms with Crippen LogP contribution in [0.4, 0.5) is 17.3 Å². The summed E-state index contributed by atoms with van der Waals surface area (Å²) in [5.41, 5.74) is 1.69. The van der Waals surface area contributed by atoms with Crippen molar-refractivity contribution in [3.05, 3.63) is 76.2 Å². The van der Waals surface area contributed by atoms with Crippen molar-refractivity contribution in [3.8, 4) is 0 Å². The standard InChI is InChI=1S/C28H28N8O4S2/c1-17(2)23(37)21-13-18-14-31-27(33-19-3-5-20(6-4-19)35-10-7-29-8-11-35)34-24(18)36(26(21)38)15-22-25(32-16-40-22)42(39)28-30-9-12-41-28/h3-6,9,12-14,16-17,29H,7-8,10-11,15H2,1-2H3,(H,31,33,34). The minimum Gasteiger partial charge on any atom is -0.445 e. The van der Waals surface area contributed by atoms with E-state index in [0.717, 1.165) is 37.6 Å². The molecule has 14 heteroatoms. The minimum absolute atomic E-state index is 0.0208. The largest absolute Gasteiger partial charge is 0.445 e. The summed E-state index contributed by atoms with van der Waals surface area (Å²) in [5.74, 6) is -0.213. The van der Waals surface area contributed by atoms with Gasteiger partial charge in [-0.15, -0.1) is 11.3 Å². The normalized spacial score (nSPS) is 14.4. The fourth-order valence-corrected chi connectivity index (χ4v) is 6.60. The van der Waals surface area contributed by atoms with Gasteiger partial charge in [-0.1, -0.05) is 13.8 Å². The van der Waals surface area contributed by atoms with E-state index in [4.69, 9.17) is 4.42 Å². The molecule has 0 spiro atoms. The van der Waals surface area contributed by atoms with Crippen LogP contribution in [0.1, 0.15) is 30.0 Å². The predicted molar refractivity (Wildman–Crippen MR) is 160 cm³/mol. The molecule has 1 fully saturated rings. The van der Waals surface area contributed by atoms with E-state index >= 15 is 0 Å². The maximum atomic E-state index is 13.7. The summed E-state index contributed by atoms with van der Waals surface area (Å²) in [5, 5.41) is 8.94. The lowest BCUT2D eigenvalue weighted by Crippen LogP contribution is -2.43. The van der Waals surface area contributed by atoms with E-state index in [1.165, 1.54) is 28.4 Å². The summed E-state index contributed by atoms with van der Waals surface area (Å²) in [6.45, 7) is 7.13. The quantitative estimate of drug-likeness (QED) is 0.238. The van der Waals surface area contributed by atoms with Crippen molar-refractivity contribution in [2.45, 2.75) is 29.8 Å². The molecule has 5 aromatic rings. The summed E-state index contributed by atoms with van der Waals surface area (Å²) >= 11 is 1.23. The Morgan fingerprint density at radius 3 is 2.67 bits per heavy atom. The molecule has 2 N–H and O–H groups in total. The first-order valence-electron chi connectivity index (χ1n) is 13.4. The van der Waals surface area contributed by atoms with Crippen LogP contribution in [-0.4, -0.2) is 60.7 Å². The molecule has 0 bridgehead atoms. The highest BCUT2D eigenvalue weighted by Gasteiger charge is 2.24. The second-order valence-corrected chi connectivity index (χ2v) is 12.5. The Morgan fingerprint density at radius 2 is 1.95 bits per heavy atom.